The van der Waals surface area contributed by atoms with Gasteiger partial charge in [0.05, 0.1) is 5.69 Å². The van der Waals surface area contributed by atoms with Crippen molar-refractivity contribution in [1.29, 1.82) is 0 Å². The molecular weight excluding hydrogens is 226 g/mol. The van der Waals surface area contributed by atoms with Crippen LogP contribution in [0.2, 0.25) is 0 Å². The van der Waals surface area contributed by atoms with Crippen LogP contribution in [-0.2, 0) is 0 Å². The zero-order valence-corrected chi connectivity index (χ0v) is 12.1. The fraction of sp³-hybridized carbons (Fsp3) is 0.714. The third-order valence-electron chi connectivity index (χ3n) is 4.29. The van der Waals surface area contributed by atoms with E-state index in [-0.39, 0.29) is 16.2 Å². The summed E-state index contributed by atoms with van der Waals surface area (Å²) < 4.78 is 0. The molecule has 0 radical (unpaired) electrons. The third kappa shape index (κ3) is 1.55. The monoisotopic (exact) mass is 249 g/mol. The highest BCUT2D eigenvalue weighted by atomic mass is 16.3. The SMILES string of the molecule is CC(C)(C)C1(C(C)(C)C)C=Cc2[nH]nnc2C1O. The van der Waals surface area contributed by atoms with E-state index < -0.39 is 6.10 Å². The van der Waals surface area contributed by atoms with Gasteiger partial charge in [-0.2, -0.15) is 0 Å². The second kappa shape index (κ2) is 3.67. The first-order chi connectivity index (χ1) is 8.11. The van der Waals surface area contributed by atoms with Gasteiger partial charge < -0.3 is 5.11 Å². The highest BCUT2D eigenvalue weighted by molar-refractivity contribution is 5.54. The van der Waals surface area contributed by atoms with E-state index in [0.717, 1.165) is 5.69 Å². The maximum Gasteiger partial charge on any atom is 0.119 e. The fourth-order valence-electron chi connectivity index (χ4n) is 3.54. The summed E-state index contributed by atoms with van der Waals surface area (Å²) in [6, 6.07) is 0. The fourth-order valence-corrected chi connectivity index (χ4v) is 3.54. The van der Waals surface area contributed by atoms with E-state index >= 15 is 0 Å². The maximum atomic E-state index is 10.9. The highest BCUT2D eigenvalue weighted by Crippen LogP contribution is 2.61. The minimum absolute atomic E-state index is 0.0855. The number of hydrogen-bond donors (Lipinski definition) is 2. The summed E-state index contributed by atoms with van der Waals surface area (Å²) in [5.41, 5.74) is 0.924. The van der Waals surface area contributed by atoms with E-state index in [2.05, 4.69) is 63.0 Å². The average Bonchev–Trinajstić information content (AvgIpc) is 2.62. The molecule has 18 heavy (non-hydrogen) atoms. The predicted octanol–water partition coefficient (Wildman–Crippen LogP) is 2.94. The van der Waals surface area contributed by atoms with Crippen LogP contribution in [0.4, 0.5) is 0 Å². The van der Waals surface area contributed by atoms with E-state index in [0.29, 0.717) is 5.69 Å². The van der Waals surface area contributed by atoms with Gasteiger partial charge >= 0.3 is 0 Å². The Hall–Kier alpha value is -1.16. The van der Waals surface area contributed by atoms with Gasteiger partial charge in [-0.05, 0) is 16.9 Å². The van der Waals surface area contributed by atoms with E-state index in [1.165, 1.54) is 0 Å². The molecule has 2 rings (SSSR count). The van der Waals surface area contributed by atoms with Crippen molar-refractivity contribution >= 4 is 6.08 Å². The summed E-state index contributed by atoms with van der Waals surface area (Å²) in [6.07, 6.45) is 3.48. The predicted molar refractivity (Wildman–Crippen MR) is 71.7 cm³/mol. The van der Waals surface area contributed by atoms with Gasteiger partial charge in [-0.15, -0.1) is 5.10 Å². The molecule has 4 heteroatoms. The van der Waals surface area contributed by atoms with E-state index in [1.807, 2.05) is 6.08 Å². The lowest BCUT2D eigenvalue weighted by Gasteiger charge is -2.55. The lowest BCUT2D eigenvalue weighted by atomic mass is 9.50. The Balaban J connectivity index is 2.66. The first-order valence-corrected chi connectivity index (χ1v) is 6.39. The molecule has 0 amide bonds. The van der Waals surface area contributed by atoms with Crippen LogP contribution in [-0.4, -0.2) is 20.5 Å². The number of aliphatic hydroxyl groups excluding tert-OH is 1. The van der Waals surface area contributed by atoms with Crippen molar-refractivity contribution < 1.29 is 5.11 Å². The van der Waals surface area contributed by atoms with Crippen molar-refractivity contribution in [3.63, 3.8) is 0 Å². The number of nitrogens with zero attached hydrogens (tertiary/aromatic N) is 2. The second-order valence-corrected chi connectivity index (χ2v) is 7.22. The number of hydrogen-bond acceptors (Lipinski definition) is 3. The van der Waals surface area contributed by atoms with Crippen LogP contribution in [0, 0.1) is 16.2 Å². The number of rotatable bonds is 0. The van der Waals surface area contributed by atoms with Gasteiger partial charge in [0.2, 0.25) is 0 Å². The minimum atomic E-state index is -0.642. The van der Waals surface area contributed by atoms with Crippen molar-refractivity contribution in [2.75, 3.05) is 0 Å². The van der Waals surface area contributed by atoms with Crippen LogP contribution in [0.3, 0.4) is 0 Å². The van der Waals surface area contributed by atoms with Crippen LogP contribution in [0.15, 0.2) is 6.08 Å². The molecule has 1 aromatic rings. The van der Waals surface area contributed by atoms with Crippen molar-refractivity contribution in [1.82, 2.24) is 15.4 Å². The zero-order chi connectivity index (χ0) is 13.8. The minimum Gasteiger partial charge on any atom is -0.386 e. The summed E-state index contributed by atoms with van der Waals surface area (Å²) in [6.45, 7) is 13.0. The van der Waals surface area contributed by atoms with Crippen molar-refractivity contribution in [3.05, 3.63) is 17.5 Å². The summed E-state index contributed by atoms with van der Waals surface area (Å²) in [5, 5.41) is 21.5. The lowest BCUT2D eigenvalue weighted by molar-refractivity contribution is -0.0966. The molecule has 0 spiro atoms. The Morgan fingerprint density at radius 2 is 1.72 bits per heavy atom. The number of aliphatic hydroxyl groups is 1. The van der Waals surface area contributed by atoms with Gasteiger partial charge in [-0.3, -0.25) is 5.10 Å². The molecule has 1 aromatic heterocycles. The highest BCUT2D eigenvalue weighted by Gasteiger charge is 2.56. The Bertz CT molecular complexity index is 460. The van der Waals surface area contributed by atoms with E-state index in [4.69, 9.17) is 0 Å². The van der Waals surface area contributed by atoms with Gasteiger partial charge in [0, 0.05) is 5.41 Å². The zero-order valence-electron chi connectivity index (χ0n) is 12.1. The summed E-state index contributed by atoms with van der Waals surface area (Å²) in [5.74, 6) is 0. The smallest absolute Gasteiger partial charge is 0.119 e. The molecule has 100 valence electrons. The molecule has 1 atom stereocenters. The molecular formula is C14H23N3O. The van der Waals surface area contributed by atoms with E-state index in [1.54, 1.807) is 0 Å². The number of H-pyrrole nitrogens is 1. The lowest BCUT2D eigenvalue weighted by Crippen LogP contribution is -2.50. The second-order valence-electron chi connectivity index (χ2n) is 7.22. The Kier molecular flexibility index (Phi) is 2.71. The molecule has 1 heterocycles. The third-order valence-corrected chi connectivity index (χ3v) is 4.29. The molecule has 0 aliphatic heterocycles. The molecule has 0 bridgehead atoms. The number of aromatic nitrogens is 3. The molecule has 1 aliphatic rings. The largest absolute Gasteiger partial charge is 0.386 e. The normalized spacial score (nSPS) is 22.9. The molecule has 4 nitrogen and oxygen atoms in total. The molecule has 1 unspecified atom stereocenters. The van der Waals surface area contributed by atoms with Crippen LogP contribution in [0.5, 0.6) is 0 Å². The van der Waals surface area contributed by atoms with Crippen LogP contribution in [0.25, 0.3) is 6.08 Å². The van der Waals surface area contributed by atoms with Crippen molar-refractivity contribution in [3.8, 4) is 0 Å². The summed E-state index contributed by atoms with van der Waals surface area (Å²) >= 11 is 0. The van der Waals surface area contributed by atoms with Gasteiger partial charge in [0.1, 0.15) is 11.8 Å². The van der Waals surface area contributed by atoms with Crippen molar-refractivity contribution in [2.24, 2.45) is 16.2 Å². The average molecular weight is 249 g/mol. The van der Waals surface area contributed by atoms with Crippen molar-refractivity contribution in [2.45, 2.75) is 47.6 Å². The summed E-state index contributed by atoms with van der Waals surface area (Å²) in [7, 11) is 0. The number of fused-ring (bicyclic) bond motifs is 1. The first kappa shape index (κ1) is 13.3. The molecule has 0 saturated carbocycles. The van der Waals surface area contributed by atoms with Crippen LogP contribution >= 0.6 is 0 Å². The Morgan fingerprint density at radius 3 is 2.22 bits per heavy atom. The molecule has 0 saturated heterocycles. The Morgan fingerprint density at radius 1 is 1.17 bits per heavy atom. The van der Waals surface area contributed by atoms with Crippen LogP contribution in [0.1, 0.15) is 59.0 Å². The topological polar surface area (TPSA) is 61.8 Å². The standard InChI is InChI=1S/C14H23N3O/c1-12(2,3)14(13(4,5)6)8-7-9-10(11(14)18)16-17-15-9/h7-8,11,18H,1-6H3,(H,15,16,17). The van der Waals surface area contributed by atoms with Gasteiger partial charge in [0.15, 0.2) is 0 Å². The summed E-state index contributed by atoms with van der Waals surface area (Å²) in [4.78, 5) is 0. The Labute approximate surface area is 108 Å². The molecule has 2 N–H and O–H groups in total. The van der Waals surface area contributed by atoms with Gasteiger partial charge in [0.25, 0.3) is 0 Å². The van der Waals surface area contributed by atoms with Gasteiger partial charge in [-0.25, -0.2) is 0 Å². The first-order valence-electron chi connectivity index (χ1n) is 6.39. The number of aromatic amines is 1. The molecule has 0 aromatic carbocycles. The number of nitrogens with one attached hydrogen (secondary N) is 1. The quantitative estimate of drug-likeness (QED) is 0.743. The van der Waals surface area contributed by atoms with E-state index in [9.17, 15) is 5.11 Å². The molecule has 1 aliphatic carbocycles. The molecule has 0 fully saturated rings. The maximum absolute atomic E-state index is 10.9. The van der Waals surface area contributed by atoms with Gasteiger partial charge in [-0.1, -0.05) is 52.8 Å². The van der Waals surface area contributed by atoms with Crippen LogP contribution < -0.4 is 0 Å².